The van der Waals surface area contributed by atoms with Crippen LogP contribution < -0.4 is 10.1 Å². The van der Waals surface area contributed by atoms with Crippen LogP contribution in [0, 0.1) is 0 Å². The zero-order chi connectivity index (χ0) is 13.1. The fraction of sp³-hybridized carbons (Fsp3) is 0.300. The second-order valence-electron chi connectivity index (χ2n) is 3.22. The zero-order valence-electron chi connectivity index (χ0n) is 8.78. The number of carbonyl (C=O) groups is 1. The number of aliphatic hydroxyl groups excluding tert-OH is 1. The molecule has 0 bridgehead atoms. The Hall–Kier alpha value is -0.680. The molecular formula is C10H10Cl3NO3. The van der Waals surface area contributed by atoms with Crippen LogP contribution >= 0.6 is 34.8 Å². The molecule has 4 nitrogen and oxygen atoms in total. The summed E-state index contributed by atoms with van der Waals surface area (Å²) in [5.41, 5.74) is 0.605. The van der Waals surface area contributed by atoms with Crippen LogP contribution in [0.25, 0.3) is 0 Å². The van der Waals surface area contributed by atoms with E-state index in [0.717, 1.165) is 0 Å². The van der Waals surface area contributed by atoms with E-state index in [0.29, 0.717) is 11.4 Å². The van der Waals surface area contributed by atoms with E-state index < -0.39 is 10.1 Å². The first-order chi connectivity index (χ1) is 7.79. The maximum Gasteiger partial charge on any atom is 0.252 e. The quantitative estimate of drug-likeness (QED) is 0.666. The number of amides is 1. The van der Waals surface area contributed by atoms with Crippen molar-refractivity contribution in [3.63, 3.8) is 0 Å². The summed E-state index contributed by atoms with van der Waals surface area (Å²) in [7, 11) is 0. The van der Waals surface area contributed by atoms with E-state index >= 15 is 0 Å². The minimum atomic E-state index is -1.92. The highest BCUT2D eigenvalue weighted by atomic mass is 35.6. The lowest BCUT2D eigenvalue weighted by Gasteiger charge is -2.20. The third kappa shape index (κ3) is 5.00. The lowest BCUT2D eigenvalue weighted by molar-refractivity contribution is -0.114. The van der Waals surface area contributed by atoms with E-state index in [2.05, 4.69) is 5.32 Å². The van der Waals surface area contributed by atoms with Crippen molar-refractivity contribution in [2.75, 3.05) is 5.32 Å². The Labute approximate surface area is 113 Å². The van der Waals surface area contributed by atoms with Gasteiger partial charge in [-0.05, 0) is 24.3 Å². The van der Waals surface area contributed by atoms with Crippen molar-refractivity contribution in [2.45, 2.75) is 17.0 Å². The molecule has 0 aliphatic carbocycles. The Morgan fingerprint density at radius 2 is 1.88 bits per heavy atom. The highest BCUT2D eigenvalue weighted by Crippen LogP contribution is 2.31. The number of alkyl halides is 3. The monoisotopic (exact) mass is 297 g/mol. The average molecular weight is 299 g/mol. The number of aliphatic hydroxyl groups is 1. The molecule has 0 aliphatic heterocycles. The lowest BCUT2D eigenvalue weighted by atomic mass is 10.3. The molecule has 0 fully saturated rings. The fourth-order valence-electron chi connectivity index (χ4n) is 1.02. The topological polar surface area (TPSA) is 58.6 Å². The Bertz CT molecular complexity index is 389. The number of ether oxygens (including phenoxy) is 1. The number of anilines is 1. The molecule has 0 saturated carbocycles. The van der Waals surface area contributed by atoms with Crippen molar-refractivity contribution in [3.8, 4) is 5.75 Å². The molecule has 0 aromatic heterocycles. The standard InChI is InChI=1S/C10H10Cl3NO3/c1-6(15)14-7-2-4-8(5-3-7)17-9(16)10(11,12)13/h2-5,9,16H,1H3,(H,14,15). The Morgan fingerprint density at radius 1 is 1.35 bits per heavy atom. The molecule has 94 valence electrons. The smallest absolute Gasteiger partial charge is 0.252 e. The summed E-state index contributed by atoms with van der Waals surface area (Å²) in [6, 6.07) is 6.26. The van der Waals surface area contributed by atoms with Gasteiger partial charge in [-0.15, -0.1) is 0 Å². The van der Waals surface area contributed by atoms with Gasteiger partial charge in [0.05, 0.1) is 0 Å². The van der Waals surface area contributed by atoms with Gasteiger partial charge in [0.1, 0.15) is 5.75 Å². The van der Waals surface area contributed by atoms with Gasteiger partial charge in [0.2, 0.25) is 12.2 Å². The minimum Gasteiger partial charge on any atom is -0.460 e. The number of carbonyl (C=O) groups excluding carboxylic acids is 1. The van der Waals surface area contributed by atoms with Crippen molar-refractivity contribution in [2.24, 2.45) is 0 Å². The summed E-state index contributed by atoms with van der Waals surface area (Å²) >= 11 is 16.3. The largest absolute Gasteiger partial charge is 0.460 e. The third-order valence-corrected chi connectivity index (χ3v) is 2.26. The molecule has 1 rings (SSSR count). The fourth-order valence-corrected chi connectivity index (χ4v) is 1.15. The normalized spacial score (nSPS) is 13.0. The molecule has 0 heterocycles. The second-order valence-corrected chi connectivity index (χ2v) is 5.59. The van der Waals surface area contributed by atoms with Crippen LogP contribution in [-0.2, 0) is 4.79 Å². The summed E-state index contributed by atoms with van der Waals surface area (Å²) in [6.07, 6.45) is -1.57. The molecule has 1 aromatic carbocycles. The second kappa shape index (κ2) is 5.78. The molecular weight excluding hydrogens is 288 g/mol. The molecule has 0 saturated heterocycles. The van der Waals surface area contributed by atoms with E-state index in [4.69, 9.17) is 39.5 Å². The first-order valence-electron chi connectivity index (χ1n) is 4.58. The number of nitrogens with one attached hydrogen (secondary N) is 1. The molecule has 1 amide bonds. The van der Waals surface area contributed by atoms with Crippen molar-refractivity contribution < 1.29 is 14.6 Å². The third-order valence-electron chi connectivity index (χ3n) is 1.70. The summed E-state index contributed by atoms with van der Waals surface area (Å²) in [6.45, 7) is 1.40. The predicted octanol–water partition coefficient (Wildman–Crippen LogP) is 2.71. The maximum absolute atomic E-state index is 10.8. The van der Waals surface area contributed by atoms with Crippen LogP contribution in [0.4, 0.5) is 5.69 Å². The van der Waals surface area contributed by atoms with E-state index in [1.54, 1.807) is 12.1 Å². The van der Waals surface area contributed by atoms with Crippen LogP contribution in [0.5, 0.6) is 5.75 Å². The number of halogens is 3. The first kappa shape index (κ1) is 14.4. The molecule has 17 heavy (non-hydrogen) atoms. The van der Waals surface area contributed by atoms with Crippen molar-refractivity contribution in [1.82, 2.24) is 0 Å². The Morgan fingerprint density at radius 3 is 2.29 bits per heavy atom. The minimum absolute atomic E-state index is 0.181. The molecule has 1 atom stereocenters. The van der Waals surface area contributed by atoms with Gasteiger partial charge in [-0.2, -0.15) is 0 Å². The lowest BCUT2D eigenvalue weighted by Crippen LogP contribution is -2.31. The van der Waals surface area contributed by atoms with Gasteiger partial charge in [-0.1, -0.05) is 34.8 Å². The van der Waals surface area contributed by atoms with Crippen molar-refractivity contribution in [3.05, 3.63) is 24.3 Å². The van der Waals surface area contributed by atoms with Crippen LogP contribution in [0.15, 0.2) is 24.3 Å². The Balaban J connectivity index is 2.65. The molecule has 1 unspecified atom stereocenters. The highest BCUT2D eigenvalue weighted by molar-refractivity contribution is 6.67. The van der Waals surface area contributed by atoms with E-state index in [-0.39, 0.29) is 5.91 Å². The first-order valence-corrected chi connectivity index (χ1v) is 5.71. The molecule has 0 aliphatic rings. The van der Waals surface area contributed by atoms with Crippen LogP contribution in [-0.4, -0.2) is 21.1 Å². The Kier molecular flexibility index (Phi) is 4.89. The van der Waals surface area contributed by atoms with Crippen molar-refractivity contribution in [1.29, 1.82) is 0 Å². The van der Waals surface area contributed by atoms with Crippen LogP contribution in [0.2, 0.25) is 0 Å². The number of benzene rings is 1. The van der Waals surface area contributed by atoms with Crippen molar-refractivity contribution >= 4 is 46.4 Å². The molecule has 0 spiro atoms. The van der Waals surface area contributed by atoms with E-state index in [1.165, 1.54) is 19.1 Å². The van der Waals surface area contributed by atoms with E-state index in [9.17, 15) is 9.90 Å². The summed E-state index contributed by atoms with van der Waals surface area (Å²) < 4.78 is 3.07. The van der Waals surface area contributed by atoms with Gasteiger partial charge < -0.3 is 15.2 Å². The van der Waals surface area contributed by atoms with Crippen LogP contribution in [0.1, 0.15) is 6.92 Å². The number of hydrogen-bond donors (Lipinski definition) is 2. The maximum atomic E-state index is 10.8. The number of hydrogen-bond acceptors (Lipinski definition) is 3. The van der Waals surface area contributed by atoms with Gasteiger partial charge in [0, 0.05) is 12.6 Å². The zero-order valence-corrected chi connectivity index (χ0v) is 11.1. The molecule has 1 aromatic rings. The molecule has 2 N–H and O–H groups in total. The summed E-state index contributed by atoms with van der Waals surface area (Å²) in [4.78, 5) is 10.8. The van der Waals surface area contributed by atoms with Gasteiger partial charge in [-0.3, -0.25) is 4.79 Å². The molecule has 7 heteroatoms. The SMILES string of the molecule is CC(=O)Nc1ccc(OC(O)C(Cl)(Cl)Cl)cc1. The molecule has 0 radical (unpaired) electrons. The number of rotatable bonds is 3. The van der Waals surface area contributed by atoms with Gasteiger partial charge >= 0.3 is 0 Å². The summed E-state index contributed by atoms with van der Waals surface area (Å²) in [5, 5.41) is 11.9. The average Bonchev–Trinajstić information content (AvgIpc) is 2.18. The predicted molar refractivity (Wildman–Crippen MR) is 67.7 cm³/mol. The highest BCUT2D eigenvalue weighted by Gasteiger charge is 2.32. The summed E-state index contributed by atoms with van der Waals surface area (Å²) in [5.74, 6) is 0.137. The van der Waals surface area contributed by atoms with Crippen LogP contribution in [0.3, 0.4) is 0 Å². The van der Waals surface area contributed by atoms with Gasteiger partial charge in [-0.25, -0.2) is 0 Å². The van der Waals surface area contributed by atoms with Gasteiger partial charge in [0.25, 0.3) is 3.79 Å². The van der Waals surface area contributed by atoms with Gasteiger partial charge in [0.15, 0.2) is 0 Å². The van der Waals surface area contributed by atoms with E-state index in [1.807, 2.05) is 0 Å².